The van der Waals surface area contributed by atoms with E-state index in [0.717, 1.165) is 32.0 Å². The first-order valence-corrected chi connectivity index (χ1v) is 6.37. The average molecular weight is 223 g/mol. The van der Waals surface area contributed by atoms with Crippen LogP contribution in [0.15, 0.2) is 16.6 Å². The van der Waals surface area contributed by atoms with Crippen LogP contribution in [0.25, 0.3) is 0 Å². The molecule has 0 spiro atoms. The van der Waals surface area contributed by atoms with Crippen molar-refractivity contribution in [3.8, 4) is 0 Å². The van der Waals surface area contributed by atoms with Gasteiger partial charge in [0.05, 0.1) is 0 Å². The number of hydrogen-bond acceptors (Lipinski definition) is 2. The lowest BCUT2D eigenvalue weighted by Crippen LogP contribution is -2.46. The molecule has 1 rings (SSSR count). The van der Waals surface area contributed by atoms with Crippen molar-refractivity contribution in [1.82, 2.24) is 10.2 Å². The lowest BCUT2D eigenvalue weighted by atomic mass is 10.1. The Bertz CT molecular complexity index is 250. The zero-order valence-corrected chi connectivity index (χ0v) is 10.9. The first kappa shape index (κ1) is 13.2. The Kier molecular flexibility index (Phi) is 6.16. The molecule has 16 heavy (non-hydrogen) atoms. The van der Waals surface area contributed by atoms with E-state index in [1.165, 1.54) is 24.8 Å². The maximum atomic E-state index is 4.40. The fourth-order valence-corrected chi connectivity index (χ4v) is 1.94. The largest absolute Gasteiger partial charge is 0.354 e. The Hall–Kier alpha value is -0.830. The van der Waals surface area contributed by atoms with Crippen LogP contribution in [-0.4, -0.2) is 44.0 Å². The lowest BCUT2D eigenvalue weighted by Gasteiger charge is -2.29. The van der Waals surface area contributed by atoms with Crippen molar-refractivity contribution in [2.75, 3.05) is 33.2 Å². The maximum Gasteiger partial charge on any atom is 0.123 e. The third-order valence-corrected chi connectivity index (χ3v) is 2.97. The van der Waals surface area contributed by atoms with Gasteiger partial charge in [-0.2, -0.15) is 0 Å². The highest BCUT2D eigenvalue weighted by atomic mass is 15.2. The van der Waals surface area contributed by atoms with Crippen molar-refractivity contribution < 1.29 is 0 Å². The summed E-state index contributed by atoms with van der Waals surface area (Å²) in [7, 11) is 1.89. The van der Waals surface area contributed by atoms with Crippen LogP contribution in [0.5, 0.6) is 0 Å². The highest BCUT2D eigenvalue weighted by molar-refractivity contribution is 5.93. The van der Waals surface area contributed by atoms with Crippen molar-refractivity contribution in [1.29, 1.82) is 0 Å². The van der Waals surface area contributed by atoms with E-state index in [4.69, 9.17) is 0 Å². The predicted octanol–water partition coefficient (Wildman–Crippen LogP) is 2.06. The summed E-state index contributed by atoms with van der Waals surface area (Å²) >= 11 is 0. The Morgan fingerprint density at radius 1 is 1.38 bits per heavy atom. The Morgan fingerprint density at radius 2 is 2.06 bits per heavy atom. The minimum Gasteiger partial charge on any atom is -0.354 e. The molecule has 92 valence electrons. The molecule has 0 aromatic heterocycles. The third kappa shape index (κ3) is 4.35. The van der Waals surface area contributed by atoms with Gasteiger partial charge in [-0.05, 0) is 25.8 Å². The fraction of sp³-hybridized carbons (Fsp3) is 0.769. The summed E-state index contributed by atoms with van der Waals surface area (Å²) in [6.45, 7) is 8.73. The van der Waals surface area contributed by atoms with Crippen molar-refractivity contribution in [3.05, 3.63) is 11.6 Å². The van der Waals surface area contributed by atoms with E-state index in [-0.39, 0.29) is 0 Å². The SMILES string of the molecule is CCCC/C(C)=C\C(=NC)N1CCNCC1. The Morgan fingerprint density at radius 3 is 2.62 bits per heavy atom. The summed E-state index contributed by atoms with van der Waals surface area (Å²) in [5, 5.41) is 3.36. The van der Waals surface area contributed by atoms with Crippen LogP contribution >= 0.6 is 0 Å². The van der Waals surface area contributed by atoms with Gasteiger partial charge in [-0.3, -0.25) is 4.99 Å². The molecule has 0 radical (unpaired) electrons. The molecule has 0 aromatic rings. The summed E-state index contributed by atoms with van der Waals surface area (Å²) in [4.78, 5) is 6.77. The summed E-state index contributed by atoms with van der Waals surface area (Å²) in [5.74, 6) is 1.15. The molecule has 3 heteroatoms. The topological polar surface area (TPSA) is 27.6 Å². The zero-order chi connectivity index (χ0) is 11.8. The molecule has 0 amide bonds. The summed E-state index contributed by atoms with van der Waals surface area (Å²) < 4.78 is 0. The second-order valence-electron chi connectivity index (χ2n) is 4.41. The summed E-state index contributed by atoms with van der Waals surface area (Å²) in [5.41, 5.74) is 1.45. The molecule has 1 N–H and O–H groups in total. The quantitative estimate of drug-likeness (QED) is 0.583. The molecule has 1 fully saturated rings. The van der Waals surface area contributed by atoms with Gasteiger partial charge in [0, 0.05) is 33.2 Å². The van der Waals surface area contributed by atoms with Gasteiger partial charge in [0.2, 0.25) is 0 Å². The standard InChI is InChI=1S/C13H25N3/c1-4-5-6-12(2)11-13(14-3)16-9-7-15-8-10-16/h11,15H,4-10H2,1-3H3/b12-11-,14-13?. The van der Waals surface area contributed by atoms with Crippen LogP contribution in [0, 0.1) is 0 Å². The minimum absolute atomic E-state index is 1.07. The number of nitrogens with one attached hydrogen (secondary N) is 1. The molecule has 1 saturated heterocycles. The molecule has 3 nitrogen and oxygen atoms in total. The molecule has 0 unspecified atom stereocenters. The molecule has 1 aliphatic heterocycles. The van der Waals surface area contributed by atoms with E-state index >= 15 is 0 Å². The molecular formula is C13H25N3. The van der Waals surface area contributed by atoms with Crippen molar-refractivity contribution >= 4 is 5.84 Å². The third-order valence-electron chi connectivity index (χ3n) is 2.97. The molecule has 1 heterocycles. The molecule has 0 aromatic carbocycles. The van der Waals surface area contributed by atoms with E-state index in [0.29, 0.717) is 0 Å². The number of piperazine rings is 1. The number of hydrogen-bond donors (Lipinski definition) is 1. The monoisotopic (exact) mass is 223 g/mol. The van der Waals surface area contributed by atoms with Gasteiger partial charge in [-0.1, -0.05) is 18.9 Å². The molecule has 0 saturated carbocycles. The van der Waals surface area contributed by atoms with E-state index in [1.54, 1.807) is 0 Å². The normalized spacial score (nSPS) is 19.1. The molecule has 0 aliphatic carbocycles. The highest BCUT2D eigenvalue weighted by Crippen LogP contribution is 2.08. The number of aliphatic imine (C=N–C) groups is 1. The van der Waals surface area contributed by atoms with Gasteiger partial charge in [-0.15, -0.1) is 0 Å². The van der Waals surface area contributed by atoms with E-state index < -0.39 is 0 Å². The van der Waals surface area contributed by atoms with Crippen LogP contribution in [0.3, 0.4) is 0 Å². The summed E-state index contributed by atoms with van der Waals surface area (Å²) in [6.07, 6.45) is 5.99. The van der Waals surface area contributed by atoms with Gasteiger partial charge < -0.3 is 10.2 Å². The second kappa shape index (κ2) is 7.44. The lowest BCUT2D eigenvalue weighted by molar-refractivity contribution is 0.358. The molecular weight excluding hydrogens is 198 g/mol. The average Bonchev–Trinajstić information content (AvgIpc) is 2.34. The molecule has 0 atom stereocenters. The second-order valence-corrected chi connectivity index (χ2v) is 4.41. The smallest absolute Gasteiger partial charge is 0.123 e. The van der Waals surface area contributed by atoms with Gasteiger partial charge in [0.15, 0.2) is 0 Å². The fourth-order valence-electron chi connectivity index (χ4n) is 1.94. The van der Waals surface area contributed by atoms with Crippen LogP contribution in [0.2, 0.25) is 0 Å². The van der Waals surface area contributed by atoms with Crippen LogP contribution in [0.1, 0.15) is 33.1 Å². The van der Waals surface area contributed by atoms with Gasteiger partial charge in [0.25, 0.3) is 0 Å². The summed E-state index contributed by atoms with van der Waals surface area (Å²) in [6, 6.07) is 0. The van der Waals surface area contributed by atoms with Gasteiger partial charge in [0.1, 0.15) is 5.84 Å². The number of nitrogens with zero attached hydrogens (tertiary/aromatic N) is 2. The number of allylic oxidation sites excluding steroid dienone is 1. The first-order chi connectivity index (χ1) is 7.77. The number of rotatable bonds is 4. The van der Waals surface area contributed by atoms with E-state index in [1.807, 2.05) is 7.05 Å². The molecule has 0 bridgehead atoms. The van der Waals surface area contributed by atoms with Crippen molar-refractivity contribution in [2.24, 2.45) is 4.99 Å². The van der Waals surface area contributed by atoms with Gasteiger partial charge >= 0.3 is 0 Å². The number of amidine groups is 1. The maximum absolute atomic E-state index is 4.40. The van der Waals surface area contributed by atoms with Crippen LogP contribution < -0.4 is 5.32 Å². The number of unbranched alkanes of at least 4 members (excludes halogenated alkanes) is 1. The minimum atomic E-state index is 1.07. The van der Waals surface area contributed by atoms with Crippen molar-refractivity contribution in [2.45, 2.75) is 33.1 Å². The highest BCUT2D eigenvalue weighted by Gasteiger charge is 2.11. The Balaban J connectivity index is 2.53. The van der Waals surface area contributed by atoms with Crippen LogP contribution in [0.4, 0.5) is 0 Å². The van der Waals surface area contributed by atoms with Crippen molar-refractivity contribution in [3.63, 3.8) is 0 Å². The predicted molar refractivity (Wildman–Crippen MR) is 71.1 cm³/mol. The van der Waals surface area contributed by atoms with Crippen LogP contribution in [-0.2, 0) is 0 Å². The zero-order valence-electron chi connectivity index (χ0n) is 10.9. The first-order valence-electron chi connectivity index (χ1n) is 6.37. The van der Waals surface area contributed by atoms with E-state index in [9.17, 15) is 0 Å². The molecule has 1 aliphatic rings. The van der Waals surface area contributed by atoms with E-state index in [2.05, 4.69) is 35.1 Å². The Labute approximate surface area is 99.6 Å². The van der Waals surface area contributed by atoms with Gasteiger partial charge in [-0.25, -0.2) is 0 Å².